The average molecular weight is 456 g/mol. The average Bonchev–Trinajstić information content (AvgIpc) is 3.07. The van der Waals surface area contributed by atoms with Crippen LogP contribution in [0.4, 0.5) is 11.4 Å². The number of fused-ring (bicyclic) bond motifs is 1. The number of benzene rings is 3. The molecule has 0 saturated carbocycles. The van der Waals surface area contributed by atoms with Gasteiger partial charge in [-0.1, -0.05) is 52.6 Å². The summed E-state index contributed by atoms with van der Waals surface area (Å²) in [5.74, 6) is 0.746. The van der Waals surface area contributed by atoms with Gasteiger partial charge in [0.15, 0.2) is 0 Å². The van der Waals surface area contributed by atoms with Gasteiger partial charge in [-0.25, -0.2) is 0 Å². The van der Waals surface area contributed by atoms with Crippen molar-refractivity contribution in [3.63, 3.8) is 0 Å². The molecular formula is C23H19Cl2N3O3. The molecule has 0 unspecified atom stereocenters. The van der Waals surface area contributed by atoms with Gasteiger partial charge in [0.1, 0.15) is 18.1 Å². The Bertz CT molecular complexity index is 1260. The van der Waals surface area contributed by atoms with E-state index in [0.717, 1.165) is 22.0 Å². The molecule has 6 nitrogen and oxygen atoms in total. The van der Waals surface area contributed by atoms with Crippen molar-refractivity contribution in [2.24, 2.45) is 0 Å². The third-order valence-electron chi connectivity index (χ3n) is 4.98. The standard InChI is InChI=1S/C23H19Cl2N3O3/c1-12-18(13(2)31-28-12)11-30-21-8-15-6-4-3-5-14(15)7-17(21)23(29)27-16-9-19(24)22(26)20(25)10-16/h3-10H,11,26H2,1-2H3,(H,27,29). The van der Waals surface area contributed by atoms with Crippen molar-refractivity contribution in [1.82, 2.24) is 5.16 Å². The topological polar surface area (TPSA) is 90.4 Å². The van der Waals surface area contributed by atoms with Crippen molar-refractivity contribution < 1.29 is 14.1 Å². The Labute approximate surface area is 188 Å². The smallest absolute Gasteiger partial charge is 0.259 e. The van der Waals surface area contributed by atoms with Crippen LogP contribution in [-0.4, -0.2) is 11.1 Å². The lowest BCUT2D eigenvalue weighted by atomic mass is 10.0. The molecule has 158 valence electrons. The summed E-state index contributed by atoms with van der Waals surface area (Å²) in [6, 6.07) is 14.4. The second-order valence-corrected chi connectivity index (χ2v) is 7.91. The fraction of sp³-hybridized carbons (Fsp3) is 0.130. The Balaban J connectivity index is 1.69. The van der Waals surface area contributed by atoms with Crippen molar-refractivity contribution in [2.75, 3.05) is 11.1 Å². The summed E-state index contributed by atoms with van der Waals surface area (Å²) in [5.41, 5.74) is 8.43. The molecule has 1 heterocycles. The zero-order chi connectivity index (χ0) is 22.1. The number of anilines is 2. The van der Waals surface area contributed by atoms with E-state index in [1.807, 2.05) is 44.2 Å². The van der Waals surface area contributed by atoms with Gasteiger partial charge in [0, 0.05) is 5.69 Å². The minimum Gasteiger partial charge on any atom is -0.488 e. The molecule has 0 aliphatic carbocycles. The van der Waals surface area contributed by atoms with E-state index in [4.69, 9.17) is 38.2 Å². The highest BCUT2D eigenvalue weighted by atomic mass is 35.5. The molecule has 8 heteroatoms. The Morgan fingerprint density at radius 2 is 1.74 bits per heavy atom. The van der Waals surface area contributed by atoms with Crippen LogP contribution in [0.15, 0.2) is 53.1 Å². The highest BCUT2D eigenvalue weighted by Gasteiger charge is 2.18. The Hall–Kier alpha value is -3.22. The lowest BCUT2D eigenvalue weighted by Gasteiger charge is -2.14. The predicted octanol–water partition coefficient (Wildman–Crippen LogP) is 6.16. The van der Waals surface area contributed by atoms with Crippen LogP contribution in [0.3, 0.4) is 0 Å². The number of hydrogen-bond donors (Lipinski definition) is 2. The summed E-state index contributed by atoms with van der Waals surface area (Å²) in [7, 11) is 0. The normalized spacial score (nSPS) is 11.0. The van der Waals surface area contributed by atoms with Crippen LogP contribution in [0.5, 0.6) is 5.75 Å². The van der Waals surface area contributed by atoms with Crippen molar-refractivity contribution in [3.05, 3.63) is 81.2 Å². The Morgan fingerprint density at radius 1 is 1.10 bits per heavy atom. The molecule has 3 aromatic carbocycles. The van der Waals surface area contributed by atoms with Gasteiger partial charge in [-0.2, -0.15) is 0 Å². The van der Waals surface area contributed by atoms with Crippen LogP contribution in [0.25, 0.3) is 10.8 Å². The molecule has 4 rings (SSSR count). The maximum Gasteiger partial charge on any atom is 0.259 e. The van der Waals surface area contributed by atoms with Crippen LogP contribution >= 0.6 is 23.2 Å². The number of hydrogen-bond acceptors (Lipinski definition) is 5. The lowest BCUT2D eigenvalue weighted by molar-refractivity contribution is 0.102. The first kappa shape index (κ1) is 21.0. The molecule has 3 N–H and O–H groups in total. The number of rotatable bonds is 5. The number of ether oxygens (including phenoxy) is 1. The zero-order valence-electron chi connectivity index (χ0n) is 16.8. The van der Waals surface area contributed by atoms with Crippen molar-refractivity contribution in [1.29, 1.82) is 0 Å². The largest absolute Gasteiger partial charge is 0.488 e. The summed E-state index contributed by atoms with van der Waals surface area (Å²) in [6.45, 7) is 3.89. The van der Waals surface area contributed by atoms with Crippen LogP contribution in [0.1, 0.15) is 27.4 Å². The third kappa shape index (κ3) is 4.31. The van der Waals surface area contributed by atoms with Crippen LogP contribution in [0.2, 0.25) is 10.0 Å². The predicted molar refractivity (Wildman–Crippen MR) is 123 cm³/mol. The highest BCUT2D eigenvalue weighted by Crippen LogP contribution is 2.33. The van der Waals surface area contributed by atoms with E-state index in [0.29, 0.717) is 22.8 Å². The van der Waals surface area contributed by atoms with Gasteiger partial charge >= 0.3 is 0 Å². The first-order valence-electron chi connectivity index (χ1n) is 9.46. The minimum atomic E-state index is -0.364. The summed E-state index contributed by atoms with van der Waals surface area (Å²) in [6.07, 6.45) is 0. The number of nitrogens with two attached hydrogens (primary N) is 1. The van der Waals surface area contributed by atoms with Crippen molar-refractivity contribution >= 4 is 51.3 Å². The van der Waals surface area contributed by atoms with Crippen LogP contribution < -0.4 is 15.8 Å². The summed E-state index contributed by atoms with van der Waals surface area (Å²) < 4.78 is 11.2. The number of nitrogens with zero attached hydrogens (tertiary/aromatic N) is 1. The summed E-state index contributed by atoms with van der Waals surface area (Å²) in [4.78, 5) is 13.1. The van der Waals surface area contributed by atoms with E-state index in [9.17, 15) is 4.79 Å². The number of aromatic nitrogens is 1. The number of aryl methyl sites for hydroxylation is 2. The quantitative estimate of drug-likeness (QED) is 0.351. The number of halogens is 2. The first-order valence-corrected chi connectivity index (χ1v) is 10.2. The van der Waals surface area contributed by atoms with E-state index >= 15 is 0 Å². The zero-order valence-corrected chi connectivity index (χ0v) is 18.3. The van der Waals surface area contributed by atoms with Gasteiger partial charge in [-0.05, 0) is 48.9 Å². The van der Waals surface area contributed by atoms with Gasteiger partial charge in [0.25, 0.3) is 5.91 Å². The lowest BCUT2D eigenvalue weighted by Crippen LogP contribution is -2.14. The number of nitrogen functional groups attached to an aromatic ring is 1. The van der Waals surface area contributed by atoms with Gasteiger partial charge in [-0.3, -0.25) is 4.79 Å². The van der Waals surface area contributed by atoms with Gasteiger partial charge < -0.3 is 20.3 Å². The van der Waals surface area contributed by atoms with Crippen LogP contribution in [-0.2, 0) is 6.61 Å². The second kappa shape index (κ2) is 8.49. The van der Waals surface area contributed by atoms with E-state index in [2.05, 4.69) is 10.5 Å². The van der Waals surface area contributed by atoms with Crippen molar-refractivity contribution in [3.8, 4) is 5.75 Å². The molecule has 31 heavy (non-hydrogen) atoms. The molecule has 0 aliphatic heterocycles. The van der Waals surface area contributed by atoms with Gasteiger partial charge in [-0.15, -0.1) is 0 Å². The first-order chi connectivity index (χ1) is 14.8. The molecule has 1 aromatic heterocycles. The molecule has 1 amide bonds. The fourth-order valence-electron chi connectivity index (χ4n) is 3.23. The summed E-state index contributed by atoms with van der Waals surface area (Å²) >= 11 is 12.2. The third-order valence-corrected chi connectivity index (χ3v) is 5.61. The van der Waals surface area contributed by atoms with Crippen LogP contribution in [0, 0.1) is 13.8 Å². The number of carbonyl (C=O) groups excluding carboxylic acids is 1. The van der Waals surface area contributed by atoms with E-state index in [-0.39, 0.29) is 28.2 Å². The molecule has 0 fully saturated rings. The van der Waals surface area contributed by atoms with E-state index in [1.54, 1.807) is 18.2 Å². The number of carbonyl (C=O) groups is 1. The maximum absolute atomic E-state index is 13.1. The van der Waals surface area contributed by atoms with E-state index in [1.165, 1.54) is 0 Å². The minimum absolute atomic E-state index is 0.222. The number of amides is 1. The molecular weight excluding hydrogens is 437 g/mol. The second-order valence-electron chi connectivity index (χ2n) is 7.09. The molecule has 0 saturated heterocycles. The monoisotopic (exact) mass is 455 g/mol. The molecule has 0 radical (unpaired) electrons. The van der Waals surface area contributed by atoms with Gasteiger partial charge in [0.05, 0.1) is 32.6 Å². The molecule has 0 atom stereocenters. The molecule has 4 aromatic rings. The van der Waals surface area contributed by atoms with Gasteiger partial charge in [0.2, 0.25) is 0 Å². The Morgan fingerprint density at radius 3 is 2.35 bits per heavy atom. The molecule has 0 spiro atoms. The van der Waals surface area contributed by atoms with E-state index < -0.39 is 0 Å². The SMILES string of the molecule is Cc1noc(C)c1COc1cc2ccccc2cc1C(=O)Nc1cc(Cl)c(N)c(Cl)c1. The number of nitrogens with one attached hydrogen (secondary N) is 1. The molecule has 0 aliphatic rings. The fourth-order valence-corrected chi connectivity index (χ4v) is 3.72. The Kier molecular flexibility index (Phi) is 5.76. The highest BCUT2D eigenvalue weighted by molar-refractivity contribution is 6.39. The maximum atomic E-state index is 13.1. The summed E-state index contributed by atoms with van der Waals surface area (Å²) in [5, 5.41) is 9.14. The molecule has 0 bridgehead atoms. The van der Waals surface area contributed by atoms with Crippen molar-refractivity contribution in [2.45, 2.75) is 20.5 Å².